The van der Waals surface area contributed by atoms with Gasteiger partial charge >= 0.3 is 12.0 Å². The largest absolute Gasteiger partial charge is 0.467 e. The Balaban J connectivity index is 1.76. The van der Waals surface area contributed by atoms with Crippen molar-refractivity contribution in [3.05, 3.63) is 24.2 Å². The minimum atomic E-state index is -0.995. The summed E-state index contributed by atoms with van der Waals surface area (Å²) >= 11 is 0. The highest BCUT2D eigenvalue weighted by atomic mass is 16.5. The maximum atomic E-state index is 13.3. The van der Waals surface area contributed by atoms with E-state index in [1.807, 2.05) is 0 Å². The summed E-state index contributed by atoms with van der Waals surface area (Å²) in [6, 6.07) is 0.393. The van der Waals surface area contributed by atoms with Crippen molar-refractivity contribution in [2.75, 3.05) is 13.7 Å². The highest BCUT2D eigenvalue weighted by molar-refractivity contribution is 5.97. The van der Waals surface area contributed by atoms with Crippen LogP contribution < -0.4 is 16.0 Å². The molecule has 1 saturated heterocycles. The van der Waals surface area contributed by atoms with Crippen molar-refractivity contribution in [3.8, 4) is 0 Å². The van der Waals surface area contributed by atoms with Crippen LogP contribution in [-0.2, 0) is 14.3 Å². The summed E-state index contributed by atoms with van der Waals surface area (Å²) in [7, 11) is 1.26. The molecular formula is C23H34N4O6. The maximum absolute atomic E-state index is 13.3. The van der Waals surface area contributed by atoms with Crippen LogP contribution in [0.4, 0.5) is 4.79 Å². The molecule has 0 radical (unpaired) electrons. The van der Waals surface area contributed by atoms with Gasteiger partial charge in [0.15, 0.2) is 5.76 Å². The Kier molecular flexibility index (Phi) is 8.35. The Morgan fingerprint density at radius 3 is 2.42 bits per heavy atom. The Morgan fingerprint density at radius 2 is 1.82 bits per heavy atom. The first-order valence-electron chi connectivity index (χ1n) is 11.6. The zero-order chi connectivity index (χ0) is 24.0. The minimum Gasteiger partial charge on any atom is -0.467 e. The van der Waals surface area contributed by atoms with Crippen molar-refractivity contribution in [1.82, 2.24) is 20.9 Å². The van der Waals surface area contributed by atoms with E-state index >= 15 is 0 Å². The van der Waals surface area contributed by atoms with Gasteiger partial charge in [-0.3, -0.25) is 9.59 Å². The molecule has 0 bridgehead atoms. The van der Waals surface area contributed by atoms with E-state index in [9.17, 15) is 19.2 Å². The lowest BCUT2D eigenvalue weighted by Gasteiger charge is -2.30. The van der Waals surface area contributed by atoms with Gasteiger partial charge in [0.25, 0.3) is 5.91 Å². The van der Waals surface area contributed by atoms with E-state index in [0.29, 0.717) is 6.42 Å². The molecule has 2 aliphatic rings. The zero-order valence-electron chi connectivity index (χ0n) is 19.5. The highest BCUT2D eigenvalue weighted by Gasteiger charge is 2.44. The molecule has 1 aliphatic heterocycles. The first kappa shape index (κ1) is 24.6. The number of likely N-dealkylation sites (tertiary alicyclic amines) is 1. The van der Waals surface area contributed by atoms with E-state index in [1.54, 1.807) is 19.9 Å². The molecule has 10 heteroatoms. The number of nitrogens with one attached hydrogen (secondary N) is 3. The number of carbonyl (C=O) groups is 4. The van der Waals surface area contributed by atoms with Gasteiger partial charge in [0, 0.05) is 12.6 Å². The zero-order valence-corrected chi connectivity index (χ0v) is 19.5. The molecule has 0 spiro atoms. The molecular weight excluding hydrogens is 428 g/mol. The quantitative estimate of drug-likeness (QED) is 0.530. The smallest absolute Gasteiger partial charge is 0.328 e. The number of methoxy groups -OCH3 is 1. The lowest BCUT2D eigenvalue weighted by atomic mass is 9.96. The summed E-state index contributed by atoms with van der Waals surface area (Å²) in [4.78, 5) is 52.6. The minimum absolute atomic E-state index is 0.105. The highest BCUT2D eigenvalue weighted by Crippen LogP contribution is 2.23. The average molecular weight is 463 g/mol. The summed E-state index contributed by atoms with van der Waals surface area (Å²) < 4.78 is 10.0. The Labute approximate surface area is 193 Å². The molecule has 1 aliphatic carbocycles. The number of nitrogens with zero attached hydrogens (tertiary/aromatic N) is 1. The molecule has 1 aromatic rings. The predicted molar refractivity (Wildman–Crippen MR) is 119 cm³/mol. The molecule has 33 heavy (non-hydrogen) atoms. The standard InChI is InChI=1S/C23H34N4O6/c1-14(2)18(22(30)32-3)26-20(28)19-16(25-23(31)24-15-8-5-4-6-9-15)11-12-27(19)21(29)17-10-7-13-33-17/h7,10,13-16,18-19H,4-6,8-9,11-12H2,1-3H3,(H,26,28)(H2,24,25,31). The van der Waals surface area contributed by atoms with Crippen molar-refractivity contribution in [3.63, 3.8) is 0 Å². The number of hydrogen-bond donors (Lipinski definition) is 3. The van der Waals surface area contributed by atoms with Crippen LogP contribution in [0.15, 0.2) is 22.8 Å². The molecule has 1 saturated carbocycles. The van der Waals surface area contributed by atoms with Gasteiger partial charge in [0.2, 0.25) is 5.91 Å². The molecule has 2 fully saturated rings. The van der Waals surface area contributed by atoms with Gasteiger partial charge in [-0.25, -0.2) is 9.59 Å². The first-order chi connectivity index (χ1) is 15.8. The normalized spacial score (nSPS) is 22.0. The van der Waals surface area contributed by atoms with Crippen LogP contribution in [0.1, 0.15) is 62.9 Å². The lowest BCUT2D eigenvalue weighted by Crippen LogP contribution is -2.59. The number of ether oxygens (including phenoxy) is 1. The van der Waals surface area contributed by atoms with Gasteiger partial charge in [-0.1, -0.05) is 33.1 Å². The Morgan fingerprint density at radius 1 is 1.09 bits per heavy atom. The predicted octanol–water partition coefficient (Wildman–Crippen LogP) is 1.81. The molecule has 182 valence electrons. The number of esters is 1. The third-order valence-corrected chi connectivity index (χ3v) is 6.34. The van der Waals surface area contributed by atoms with Gasteiger partial charge in [0.1, 0.15) is 12.1 Å². The van der Waals surface area contributed by atoms with E-state index in [0.717, 1.165) is 25.7 Å². The number of carbonyl (C=O) groups excluding carboxylic acids is 4. The number of rotatable bonds is 7. The van der Waals surface area contributed by atoms with E-state index in [2.05, 4.69) is 16.0 Å². The van der Waals surface area contributed by atoms with Crippen LogP contribution in [0, 0.1) is 5.92 Å². The lowest BCUT2D eigenvalue weighted by molar-refractivity contribution is -0.146. The number of hydrogen-bond acceptors (Lipinski definition) is 6. The third kappa shape index (κ3) is 6.06. The Bertz CT molecular complexity index is 834. The monoisotopic (exact) mass is 462 g/mol. The van der Waals surface area contributed by atoms with Crippen LogP contribution in [0.3, 0.4) is 0 Å². The molecule has 10 nitrogen and oxygen atoms in total. The van der Waals surface area contributed by atoms with Gasteiger partial charge in [-0.2, -0.15) is 0 Å². The van der Waals surface area contributed by atoms with Crippen LogP contribution in [-0.4, -0.2) is 66.5 Å². The van der Waals surface area contributed by atoms with Crippen LogP contribution >= 0.6 is 0 Å². The molecule has 3 rings (SSSR count). The molecule has 0 aromatic carbocycles. The van der Waals surface area contributed by atoms with Gasteiger partial charge in [-0.05, 0) is 37.3 Å². The number of furan rings is 1. The summed E-state index contributed by atoms with van der Waals surface area (Å²) in [5.74, 6) is -1.66. The summed E-state index contributed by atoms with van der Waals surface area (Å²) in [6.07, 6.45) is 6.97. The van der Waals surface area contributed by atoms with E-state index in [-0.39, 0.29) is 30.3 Å². The second-order valence-electron chi connectivity index (χ2n) is 9.02. The molecule has 2 heterocycles. The van der Waals surface area contributed by atoms with Crippen LogP contribution in [0.25, 0.3) is 0 Å². The summed E-state index contributed by atoms with van der Waals surface area (Å²) in [5.41, 5.74) is 0. The molecule has 3 atom stereocenters. The molecule has 4 amide bonds. The SMILES string of the molecule is COC(=O)C(NC(=O)C1C(NC(=O)NC2CCCCC2)CCN1C(=O)c1ccco1)C(C)C. The Hall–Kier alpha value is -3.04. The fraction of sp³-hybridized carbons (Fsp3) is 0.652. The number of urea groups is 1. The second-order valence-corrected chi connectivity index (χ2v) is 9.02. The van der Waals surface area contributed by atoms with E-state index < -0.39 is 35.9 Å². The van der Waals surface area contributed by atoms with Crippen molar-refractivity contribution < 1.29 is 28.3 Å². The van der Waals surface area contributed by atoms with Crippen molar-refractivity contribution in [2.24, 2.45) is 5.92 Å². The third-order valence-electron chi connectivity index (χ3n) is 6.34. The van der Waals surface area contributed by atoms with Gasteiger partial charge in [0.05, 0.1) is 19.4 Å². The number of amides is 4. The fourth-order valence-corrected chi connectivity index (χ4v) is 4.54. The first-order valence-corrected chi connectivity index (χ1v) is 11.6. The second kappa shape index (κ2) is 11.2. The summed E-state index contributed by atoms with van der Waals surface area (Å²) in [6.45, 7) is 3.84. The fourth-order valence-electron chi connectivity index (χ4n) is 4.54. The average Bonchev–Trinajstić information content (AvgIpc) is 3.47. The van der Waals surface area contributed by atoms with E-state index in [1.165, 1.54) is 30.8 Å². The van der Waals surface area contributed by atoms with Crippen molar-refractivity contribution in [1.29, 1.82) is 0 Å². The van der Waals surface area contributed by atoms with Crippen LogP contribution in [0.2, 0.25) is 0 Å². The van der Waals surface area contributed by atoms with E-state index in [4.69, 9.17) is 9.15 Å². The molecule has 1 aromatic heterocycles. The van der Waals surface area contributed by atoms with Crippen molar-refractivity contribution >= 4 is 23.8 Å². The molecule has 3 unspecified atom stereocenters. The van der Waals surface area contributed by atoms with Gasteiger partial charge < -0.3 is 30.0 Å². The maximum Gasteiger partial charge on any atom is 0.328 e. The van der Waals surface area contributed by atoms with Gasteiger partial charge in [-0.15, -0.1) is 0 Å². The molecule has 3 N–H and O–H groups in total. The topological polar surface area (TPSA) is 130 Å². The summed E-state index contributed by atoms with van der Waals surface area (Å²) in [5, 5.41) is 8.58. The van der Waals surface area contributed by atoms with Crippen LogP contribution in [0.5, 0.6) is 0 Å². The van der Waals surface area contributed by atoms with Crippen molar-refractivity contribution in [2.45, 2.75) is 76.5 Å².